The number of amides is 3. The first-order chi connectivity index (χ1) is 28.4. The predicted octanol–water partition coefficient (Wildman–Crippen LogP) is 7.61. The minimum atomic E-state index is -1.69. The zero-order chi connectivity index (χ0) is 41.8. The molecule has 3 aromatic carbocycles. The summed E-state index contributed by atoms with van der Waals surface area (Å²) in [7, 11) is -0.398. The van der Waals surface area contributed by atoms with E-state index in [0.29, 0.717) is 6.54 Å². The summed E-state index contributed by atoms with van der Waals surface area (Å²) in [6, 6.07) is 23.8. The Morgan fingerprint density at radius 1 is 0.915 bits per heavy atom. The van der Waals surface area contributed by atoms with Gasteiger partial charge in [0.1, 0.15) is 23.7 Å². The maximum absolute atomic E-state index is 14.5. The Hall–Kier alpha value is -5.71. The van der Waals surface area contributed by atoms with Crippen molar-refractivity contribution in [1.29, 1.82) is 0 Å². The molecule has 3 amide bonds. The number of nitrogens with one attached hydrogen (secondary N) is 3. The molecule has 0 saturated carbocycles. The topological polar surface area (TPSA) is 140 Å². The zero-order valence-corrected chi connectivity index (χ0v) is 36.2. The Bertz CT molecular complexity index is 2340. The fraction of sp³-hybridized carbons (Fsp3) is 0.413. The van der Waals surface area contributed by atoms with Crippen molar-refractivity contribution >= 4 is 37.0 Å². The van der Waals surface area contributed by atoms with Crippen molar-refractivity contribution < 1.29 is 19.1 Å². The van der Waals surface area contributed by atoms with E-state index in [1.807, 2.05) is 85.6 Å². The van der Waals surface area contributed by atoms with Crippen LogP contribution in [0.25, 0.3) is 22.3 Å². The molecule has 0 radical (unpaired) electrons. The van der Waals surface area contributed by atoms with Crippen LogP contribution < -0.4 is 5.32 Å². The van der Waals surface area contributed by atoms with E-state index >= 15 is 0 Å². The van der Waals surface area contributed by atoms with Crippen LogP contribution in [0.15, 0.2) is 79.0 Å². The number of ether oxygens (including phenoxy) is 1. The molecule has 0 bridgehead atoms. The molecule has 0 unspecified atom stereocenters. The standard InChI is InChI=1S/C46H56N8O4Si/c1-8-52(9-2)41(34-14-11-10-12-15-34)45(56)54-29-59(6,7)28-39(54)42-47-27-37(50-42)33-22-19-31(20-23-33)17-18-32-21-24-35-36(26-32)49-43(48-35)38-16-13-25-53(38)44(55)40(30(3)4)51-46(57)58-5/h10-12,14-15,19-24,26-27,30,38-41H,8-9,13,16,25,28-29H2,1-7H3,(H,47,50)(H,48,49)(H,51,57)/t38-,39-,40-,41+/m0/s1. The van der Waals surface area contributed by atoms with E-state index in [1.54, 1.807) is 0 Å². The maximum Gasteiger partial charge on any atom is 0.407 e. The van der Waals surface area contributed by atoms with E-state index in [0.717, 1.165) is 88.8 Å². The van der Waals surface area contributed by atoms with E-state index in [-0.39, 0.29) is 35.9 Å². The van der Waals surface area contributed by atoms with Crippen molar-refractivity contribution in [2.24, 2.45) is 5.92 Å². The zero-order valence-electron chi connectivity index (χ0n) is 35.2. The highest BCUT2D eigenvalue weighted by Gasteiger charge is 2.46. The quantitative estimate of drug-likeness (QED) is 0.0922. The van der Waals surface area contributed by atoms with Crippen molar-refractivity contribution in [3.63, 3.8) is 0 Å². The highest BCUT2D eigenvalue weighted by molar-refractivity contribution is 6.78. The number of H-pyrrole nitrogens is 2. The van der Waals surface area contributed by atoms with Crippen LogP contribution in [-0.2, 0) is 14.3 Å². The first kappa shape index (κ1) is 41.4. The van der Waals surface area contributed by atoms with Crippen LogP contribution in [0.5, 0.6) is 0 Å². The van der Waals surface area contributed by atoms with E-state index in [1.165, 1.54) is 7.11 Å². The summed E-state index contributed by atoms with van der Waals surface area (Å²) in [6.07, 6.45) is 3.68. The number of nitrogens with zero attached hydrogens (tertiary/aromatic N) is 5. The molecule has 5 aromatic rings. The summed E-state index contributed by atoms with van der Waals surface area (Å²) in [5, 5.41) is 2.71. The third-order valence-electron chi connectivity index (χ3n) is 11.7. The highest BCUT2D eigenvalue weighted by atomic mass is 28.3. The van der Waals surface area contributed by atoms with Gasteiger partial charge in [-0.3, -0.25) is 14.5 Å². The molecule has 7 rings (SSSR count). The average molecular weight is 813 g/mol. The maximum atomic E-state index is 14.5. The third kappa shape index (κ3) is 8.99. The molecule has 2 aliphatic heterocycles. The van der Waals surface area contributed by atoms with Gasteiger partial charge in [-0.1, -0.05) is 95.1 Å². The molecule has 0 aliphatic carbocycles. The van der Waals surface area contributed by atoms with Crippen molar-refractivity contribution in [2.75, 3.05) is 32.9 Å². The lowest BCUT2D eigenvalue weighted by Crippen LogP contribution is -2.51. The molecular weight excluding hydrogens is 757 g/mol. The molecule has 59 heavy (non-hydrogen) atoms. The minimum Gasteiger partial charge on any atom is -0.453 e. The van der Waals surface area contributed by atoms with Gasteiger partial charge in [0.25, 0.3) is 0 Å². The van der Waals surface area contributed by atoms with Crippen molar-refractivity contribution in [3.8, 4) is 23.1 Å². The first-order valence-corrected chi connectivity index (χ1v) is 24.2. The Kier molecular flexibility index (Phi) is 12.4. The number of carbonyl (C=O) groups excluding carboxylic acids is 3. The molecule has 13 heteroatoms. The van der Waals surface area contributed by atoms with Crippen LogP contribution in [0.1, 0.15) is 87.0 Å². The van der Waals surface area contributed by atoms with Gasteiger partial charge < -0.3 is 29.8 Å². The second kappa shape index (κ2) is 17.6. The van der Waals surface area contributed by atoms with Gasteiger partial charge in [-0.15, -0.1) is 0 Å². The number of aromatic nitrogens is 4. The second-order valence-corrected chi connectivity index (χ2v) is 21.8. The summed E-state index contributed by atoms with van der Waals surface area (Å²) in [5.74, 6) is 8.05. The molecule has 2 aliphatic rings. The SMILES string of the molecule is CCN(CC)[C@@H](C(=O)N1C[Si](C)(C)C[C@H]1c1ncc(-c2ccc(C#Cc3ccc4[nH]c([C@@H]5CCCN5C(=O)[C@@H](NC(=O)OC)C(C)C)nc4c3)cc2)[nH]1)c1ccccc1. The second-order valence-electron chi connectivity index (χ2n) is 16.8. The summed E-state index contributed by atoms with van der Waals surface area (Å²) in [5.41, 5.74) is 6.29. The van der Waals surface area contributed by atoms with E-state index in [9.17, 15) is 14.4 Å². The van der Waals surface area contributed by atoms with E-state index in [4.69, 9.17) is 14.7 Å². The fourth-order valence-corrected chi connectivity index (χ4v) is 11.5. The lowest BCUT2D eigenvalue weighted by atomic mass is 10.0. The summed E-state index contributed by atoms with van der Waals surface area (Å²) in [6.45, 7) is 14.9. The number of carbonyl (C=O) groups is 3. The fourth-order valence-electron chi connectivity index (χ4n) is 8.62. The molecule has 3 N–H and O–H groups in total. The van der Waals surface area contributed by atoms with Crippen molar-refractivity contribution in [3.05, 3.63) is 107 Å². The van der Waals surface area contributed by atoms with Crippen LogP contribution in [0.3, 0.4) is 0 Å². The predicted molar refractivity (Wildman–Crippen MR) is 233 cm³/mol. The van der Waals surface area contributed by atoms with Crippen molar-refractivity contribution in [1.82, 2.24) is 40.0 Å². The smallest absolute Gasteiger partial charge is 0.407 e. The molecule has 2 saturated heterocycles. The van der Waals surface area contributed by atoms with Gasteiger partial charge in [0, 0.05) is 23.8 Å². The van der Waals surface area contributed by atoms with Crippen molar-refractivity contribution in [2.45, 2.75) is 83.8 Å². The lowest BCUT2D eigenvalue weighted by molar-refractivity contribution is -0.138. The number of benzene rings is 3. The first-order valence-electron chi connectivity index (χ1n) is 20.8. The summed E-state index contributed by atoms with van der Waals surface area (Å²) < 4.78 is 4.77. The van der Waals surface area contributed by atoms with Gasteiger partial charge in [-0.2, -0.15) is 0 Å². The Morgan fingerprint density at radius 3 is 2.32 bits per heavy atom. The van der Waals surface area contributed by atoms with E-state index in [2.05, 4.69) is 76.0 Å². The summed E-state index contributed by atoms with van der Waals surface area (Å²) in [4.78, 5) is 63.0. The molecule has 4 heterocycles. The Morgan fingerprint density at radius 2 is 1.63 bits per heavy atom. The largest absolute Gasteiger partial charge is 0.453 e. The van der Waals surface area contributed by atoms with Gasteiger partial charge in [0.15, 0.2) is 0 Å². The number of fused-ring (bicyclic) bond motifs is 1. The molecule has 2 fully saturated rings. The average Bonchev–Trinajstić information content (AvgIpc) is 4.06. The van der Waals surface area contributed by atoms with E-state index < -0.39 is 20.2 Å². The number of imidazole rings is 2. The molecule has 4 atom stereocenters. The van der Waals surface area contributed by atoms with Crippen LogP contribution in [-0.4, -0.2) is 99.6 Å². The van der Waals surface area contributed by atoms with Gasteiger partial charge in [0.05, 0.1) is 50.2 Å². The van der Waals surface area contributed by atoms with Gasteiger partial charge in [-0.05, 0) is 79.4 Å². The Labute approximate surface area is 348 Å². The number of likely N-dealkylation sites (tertiary alicyclic amines) is 1. The monoisotopic (exact) mass is 812 g/mol. The number of likely N-dealkylation sites (N-methyl/N-ethyl adjacent to an activating group) is 1. The van der Waals surface area contributed by atoms with Crippen LogP contribution in [0.4, 0.5) is 4.79 Å². The normalized spacial score (nSPS) is 18.5. The number of hydrogen-bond acceptors (Lipinski definition) is 7. The lowest BCUT2D eigenvalue weighted by Gasteiger charge is -2.34. The Balaban J connectivity index is 1.05. The highest BCUT2D eigenvalue weighted by Crippen LogP contribution is 2.40. The number of methoxy groups -OCH3 is 1. The van der Waals surface area contributed by atoms with Gasteiger partial charge in [0.2, 0.25) is 11.8 Å². The van der Waals surface area contributed by atoms with Crippen LogP contribution in [0, 0.1) is 17.8 Å². The molecule has 2 aromatic heterocycles. The number of hydrogen-bond donors (Lipinski definition) is 3. The molecule has 12 nitrogen and oxygen atoms in total. The molecule has 308 valence electrons. The van der Waals surface area contributed by atoms with Crippen LogP contribution in [0.2, 0.25) is 19.1 Å². The molecule has 0 spiro atoms. The minimum absolute atomic E-state index is 0.0973. The molecular formula is C46H56N8O4Si. The summed E-state index contributed by atoms with van der Waals surface area (Å²) >= 11 is 0. The number of rotatable bonds is 11. The third-order valence-corrected chi connectivity index (χ3v) is 14.4. The van der Waals surface area contributed by atoms with Gasteiger partial charge >= 0.3 is 6.09 Å². The number of aromatic amines is 2. The van der Waals surface area contributed by atoms with Gasteiger partial charge in [-0.25, -0.2) is 14.8 Å². The number of alkyl carbamates (subject to hydrolysis) is 1. The van der Waals surface area contributed by atoms with Crippen LogP contribution >= 0.6 is 0 Å².